The highest BCUT2D eigenvalue weighted by Gasteiger charge is 2.13. The monoisotopic (exact) mass is 285 g/mol. The molecule has 0 aliphatic heterocycles. The van der Waals surface area contributed by atoms with Crippen molar-refractivity contribution >= 4 is 0 Å². The van der Waals surface area contributed by atoms with Crippen molar-refractivity contribution in [2.45, 2.75) is 25.4 Å². The first-order valence-electron chi connectivity index (χ1n) is 7.27. The third-order valence-electron chi connectivity index (χ3n) is 3.65. The molecule has 0 bridgehead atoms. The van der Waals surface area contributed by atoms with Gasteiger partial charge < -0.3 is 15.2 Å². The highest BCUT2D eigenvalue weighted by atomic mass is 16.5. The van der Waals surface area contributed by atoms with Crippen LogP contribution in [0.15, 0.2) is 54.6 Å². The SMILES string of the molecule is COc1ccc(C(C)NC(CO)Cc2ccccc2)cc1. The first kappa shape index (κ1) is 15.5. The highest BCUT2D eigenvalue weighted by molar-refractivity contribution is 5.29. The van der Waals surface area contributed by atoms with Crippen LogP contribution in [-0.2, 0) is 6.42 Å². The topological polar surface area (TPSA) is 41.5 Å². The van der Waals surface area contributed by atoms with Gasteiger partial charge >= 0.3 is 0 Å². The van der Waals surface area contributed by atoms with Crippen molar-refractivity contribution in [2.24, 2.45) is 0 Å². The van der Waals surface area contributed by atoms with Gasteiger partial charge in [0.05, 0.1) is 13.7 Å². The van der Waals surface area contributed by atoms with E-state index in [1.807, 2.05) is 42.5 Å². The Bertz CT molecular complexity index is 525. The van der Waals surface area contributed by atoms with E-state index < -0.39 is 0 Å². The van der Waals surface area contributed by atoms with Crippen molar-refractivity contribution in [1.29, 1.82) is 0 Å². The molecule has 3 nitrogen and oxygen atoms in total. The zero-order valence-electron chi connectivity index (χ0n) is 12.6. The largest absolute Gasteiger partial charge is 0.497 e. The Morgan fingerprint density at radius 2 is 1.71 bits per heavy atom. The van der Waals surface area contributed by atoms with Gasteiger partial charge in [0.15, 0.2) is 0 Å². The minimum atomic E-state index is 0.0458. The number of hydrogen-bond donors (Lipinski definition) is 2. The molecule has 0 saturated carbocycles. The summed E-state index contributed by atoms with van der Waals surface area (Å²) in [4.78, 5) is 0. The Morgan fingerprint density at radius 3 is 2.29 bits per heavy atom. The first-order chi connectivity index (χ1) is 10.2. The van der Waals surface area contributed by atoms with Gasteiger partial charge in [-0.05, 0) is 36.6 Å². The number of aliphatic hydroxyl groups excluding tert-OH is 1. The molecule has 2 aromatic carbocycles. The van der Waals surface area contributed by atoms with Gasteiger partial charge in [0.25, 0.3) is 0 Å². The number of benzene rings is 2. The summed E-state index contributed by atoms with van der Waals surface area (Å²) in [6.45, 7) is 2.23. The smallest absolute Gasteiger partial charge is 0.118 e. The second kappa shape index (κ2) is 7.81. The molecule has 0 heterocycles. The Labute approximate surface area is 126 Å². The van der Waals surface area contributed by atoms with Crippen LogP contribution >= 0.6 is 0 Å². The number of aliphatic hydroxyl groups is 1. The van der Waals surface area contributed by atoms with Crippen LogP contribution in [0.4, 0.5) is 0 Å². The van der Waals surface area contributed by atoms with Crippen LogP contribution in [0.2, 0.25) is 0 Å². The molecule has 0 aliphatic carbocycles. The Morgan fingerprint density at radius 1 is 1.05 bits per heavy atom. The average molecular weight is 285 g/mol. The maximum atomic E-state index is 9.58. The molecule has 2 atom stereocenters. The van der Waals surface area contributed by atoms with E-state index in [1.54, 1.807) is 7.11 Å². The molecule has 3 heteroatoms. The molecule has 0 aromatic heterocycles. The molecule has 0 aliphatic rings. The summed E-state index contributed by atoms with van der Waals surface area (Å²) in [5.74, 6) is 0.856. The Balaban J connectivity index is 1.96. The van der Waals surface area contributed by atoms with E-state index in [2.05, 4.69) is 24.4 Å². The van der Waals surface area contributed by atoms with Gasteiger partial charge in [0.1, 0.15) is 5.75 Å². The quantitative estimate of drug-likeness (QED) is 0.822. The van der Waals surface area contributed by atoms with E-state index in [0.29, 0.717) is 0 Å². The molecule has 0 radical (unpaired) electrons. The third kappa shape index (κ3) is 4.59. The van der Waals surface area contributed by atoms with Gasteiger partial charge in [-0.2, -0.15) is 0 Å². The van der Waals surface area contributed by atoms with E-state index in [0.717, 1.165) is 12.2 Å². The summed E-state index contributed by atoms with van der Waals surface area (Å²) in [6.07, 6.45) is 0.817. The zero-order chi connectivity index (χ0) is 15.1. The van der Waals surface area contributed by atoms with Crippen LogP contribution in [0.5, 0.6) is 5.75 Å². The van der Waals surface area contributed by atoms with E-state index in [1.165, 1.54) is 11.1 Å². The molecule has 2 unspecified atom stereocenters. The number of rotatable bonds is 7. The highest BCUT2D eigenvalue weighted by Crippen LogP contribution is 2.18. The summed E-state index contributed by atoms with van der Waals surface area (Å²) in [5, 5.41) is 13.1. The Hall–Kier alpha value is -1.84. The van der Waals surface area contributed by atoms with Crippen LogP contribution in [0.25, 0.3) is 0 Å². The van der Waals surface area contributed by atoms with Gasteiger partial charge in [-0.1, -0.05) is 42.5 Å². The van der Waals surface area contributed by atoms with Crippen molar-refractivity contribution in [3.8, 4) is 5.75 Å². The minimum Gasteiger partial charge on any atom is -0.497 e. The van der Waals surface area contributed by atoms with Crippen molar-refractivity contribution in [2.75, 3.05) is 13.7 Å². The standard InChI is InChI=1S/C18H23NO2/c1-14(16-8-10-18(21-2)11-9-16)19-17(13-20)12-15-6-4-3-5-7-15/h3-11,14,17,19-20H,12-13H2,1-2H3. The first-order valence-corrected chi connectivity index (χ1v) is 7.27. The maximum absolute atomic E-state index is 9.58. The molecular formula is C18H23NO2. The van der Waals surface area contributed by atoms with Crippen LogP contribution < -0.4 is 10.1 Å². The summed E-state index contributed by atoms with van der Waals surface area (Å²) in [5.41, 5.74) is 2.41. The van der Waals surface area contributed by atoms with Gasteiger partial charge in [-0.15, -0.1) is 0 Å². The van der Waals surface area contributed by atoms with Gasteiger partial charge in [0.2, 0.25) is 0 Å². The zero-order valence-corrected chi connectivity index (χ0v) is 12.6. The van der Waals surface area contributed by atoms with E-state index >= 15 is 0 Å². The lowest BCUT2D eigenvalue weighted by Gasteiger charge is -2.22. The fourth-order valence-electron chi connectivity index (χ4n) is 2.42. The average Bonchev–Trinajstić information content (AvgIpc) is 2.55. The Kier molecular flexibility index (Phi) is 5.78. The van der Waals surface area contributed by atoms with Crippen molar-refractivity contribution in [1.82, 2.24) is 5.32 Å². The predicted octanol–water partition coefficient (Wildman–Crippen LogP) is 2.95. The van der Waals surface area contributed by atoms with Crippen LogP contribution in [0.1, 0.15) is 24.1 Å². The number of methoxy groups -OCH3 is 1. The molecule has 0 spiro atoms. The lowest BCUT2D eigenvalue weighted by atomic mass is 10.0. The fourth-order valence-corrected chi connectivity index (χ4v) is 2.42. The second-order valence-corrected chi connectivity index (χ2v) is 5.23. The summed E-state index contributed by atoms with van der Waals surface area (Å²) in [6, 6.07) is 18.5. The molecule has 112 valence electrons. The third-order valence-corrected chi connectivity index (χ3v) is 3.65. The van der Waals surface area contributed by atoms with Crippen molar-refractivity contribution in [3.05, 3.63) is 65.7 Å². The van der Waals surface area contributed by atoms with E-state index in [-0.39, 0.29) is 18.7 Å². The minimum absolute atomic E-state index is 0.0458. The molecule has 0 fully saturated rings. The molecule has 0 amide bonds. The van der Waals surface area contributed by atoms with E-state index in [4.69, 9.17) is 4.74 Å². The molecule has 0 saturated heterocycles. The van der Waals surface area contributed by atoms with Gasteiger partial charge in [-0.25, -0.2) is 0 Å². The van der Waals surface area contributed by atoms with Crippen LogP contribution in [0.3, 0.4) is 0 Å². The molecule has 2 N–H and O–H groups in total. The van der Waals surface area contributed by atoms with E-state index in [9.17, 15) is 5.11 Å². The number of hydrogen-bond acceptors (Lipinski definition) is 3. The van der Waals surface area contributed by atoms with Crippen LogP contribution in [-0.4, -0.2) is 24.9 Å². The summed E-state index contributed by atoms with van der Waals surface area (Å²) >= 11 is 0. The predicted molar refractivity (Wildman–Crippen MR) is 85.6 cm³/mol. The molecule has 21 heavy (non-hydrogen) atoms. The van der Waals surface area contributed by atoms with Crippen molar-refractivity contribution < 1.29 is 9.84 Å². The second-order valence-electron chi connectivity index (χ2n) is 5.23. The summed E-state index contributed by atoms with van der Waals surface area (Å²) < 4.78 is 5.17. The number of nitrogens with one attached hydrogen (secondary N) is 1. The molecular weight excluding hydrogens is 262 g/mol. The fraction of sp³-hybridized carbons (Fsp3) is 0.333. The molecule has 2 rings (SSSR count). The maximum Gasteiger partial charge on any atom is 0.118 e. The lowest BCUT2D eigenvalue weighted by Crippen LogP contribution is -2.36. The van der Waals surface area contributed by atoms with Gasteiger partial charge in [-0.3, -0.25) is 0 Å². The van der Waals surface area contributed by atoms with Crippen LogP contribution in [0, 0.1) is 0 Å². The lowest BCUT2D eigenvalue weighted by molar-refractivity contribution is 0.232. The number of ether oxygens (including phenoxy) is 1. The normalized spacial score (nSPS) is 13.7. The van der Waals surface area contributed by atoms with Gasteiger partial charge in [0, 0.05) is 12.1 Å². The molecule has 2 aromatic rings. The summed E-state index contributed by atoms with van der Waals surface area (Å²) in [7, 11) is 1.67. The van der Waals surface area contributed by atoms with Crippen molar-refractivity contribution in [3.63, 3.8) is 0 Å².